The van der Waals surface area contributed by atoms with Crippen LogP contribution >= 0.6 is 0 Å². The van der Waals surface area contributed by atoms with E-state index < -0.39 is 23.6 Å². The van der Waals surface area contributed by atoms with Gasteiger partial charge >= 0.3 is 6.09 Å². The fourth-order valence-electron chi connectivity index (χ4n) is 5.73. The molecule has 13 nitrogen and oxygen atoms in total. The number of allylic oxidation sites excluding steroid dienone is 1. The van der Waals surface area contributed by atoms with Crippen molar-refractivity contribution < 1.29 is 38.8 Å². The number of carbonyl (C=O) groups is 3. The maximum Gasteiger partial charge on any atom is 0.417 e. The molecule has 4 aliphatic rings. The van der Waals surface area contributed by atoms with Crippen molar-refractivity contribution >= 4 is 29.5 Å². The molecule has 2 aliphatic heterocycles. The predicted molar refractivity (Wildman–Crippen MR) is 148 cm³/mol. The first-order valence-electron chi connectivity index (χ1n) is 13.8. The van der Waals surface area contributed by atoms with Crippen molar-refractivity contribution in [3.8, 4) is 11.5 Å². The average Bonchev–Trinajstić information content (AvgIpc) is 3.32. The molecule has 2 aromatic rings. The summed E-state index contributed by atoms with van der Waals surface area (Å²) in [6.07, 6.45) is 6.13. The molecule has 220 valence electrons. The molecule has 3 N–H and O–H groups in total. The van der Waals surface area contributed by atoms with Gasteiger partial charge in [0.25, 0.3) is 5.91 Å². The number of aliphatic hydroxyl groups excluding tert-OH is 1. The topological polar surface area (TPSA) is 164 Å². The summed E-state index contributed by atoms with van der Waals surface area (Å²) in [7, 11) is 1.59. The molecule has 0 bridgehead atoms. The van der Waals surface area contributed by atoms with Gasteiger partial charge in [0.15, 0.2) is 24.0 Å². The lowest BCUT2D eigenvalue weighted by molar-refractivity contribution is -0.128. The molecule has 0 spiro atoms. The zero-order chi connectivity index (χ0) is 29.4. The van der Waals surface area contributed by atoms with E-state index in [4.69, 9.17) is 14.2 Å². The van der Waals surface area contributed by atoms with E-state index in [0.717, 1.165) is 11.6 Å². The fourth-order valence-corrected chi connectivity index (χ4v) is 5.73. The van der Waals surface area contributed by atoms with Gasteiger partial charge in [-0.2, -0.15) is 4.98 Å². The number of nitrogens with zero attached hydrogens (tertiary/aromatic N) is 4. The number of benzene rings is 1. The Morgan fingerprint density at radius 1 is 1.19 bits per heavy atom. The number of fused-ring (bicyclic) bond motifs is 2. The number of aromatic nitrogens is 2. The van der Waals surface area contributed by atoms with Crippen LogP contribution in [0.3, 0.4) is 0 Å². The first-order valence-corrected chi connectivity index (χ1v) is 13.8. The number of anilines is 2. The maximum atomic E-state index is 13.0. The van der Waals surface area contributed by atoms with Gasteiger partial charge in [0.1, 0.15) is 23.2 Å². The molecule has 2 aliphatic carbocycles. The minimum atomic E-state index is -1.66. The summed E-state index contributed by atoms with van der Waals surface area (Å²) in [5.74, 6) is 0.463. The van der Waals surface area contributed by atoms with E-state index in [1.165, 1.54) is 28.1 Å². The second-order valence-electron chi connectivity index (χ2n) is 10.7. The van der Waals surface area contributed by atoms with Crippen molar-refractivity contribution in [2.45, 2.75) is 56.0 Å². The molecule has 42 heavy (non-hydrogen) atoms. The summed E-state index contributed by atoms with van der Waals surface area (Å²) in [5, 5.41) is 23.4. The highest BCUT2D eigenvalue weighted by atomic mass is 16.6. The van der Waals surface area contributed by atoms with E-state index in [2.05, 4.69) is 15.3 Å². The van der Waals surface area contributed by atoms with Gasteiger partial charge in [-0.1, -0.05) is 12.1 Å². The molecule has 0 radical (unpaired) electrons. The van der Waals surface area contributed by atoms with Gasteiger partial charge in [-0.25, -0.2) is 14.7 Å². The molecule has 2 fully saturated rings. The molecular weight excluding hydrogens is 546 g/mol. The zero-order valence-corrected chi connectivity index (χ0v) is 22.9. The number of ether oxygens (including phenoxy) is 3. The third-order valence-electron chi connectivity index (χ3n) is 8.06. The van der Waals surface area contributed by atoms with Crippen molar-refractivity contribution in [1.29, 1.82) is 0 Å². The van der Waals surface area contributed by atoms with Crippen LogP contribution in [-0.4, -0.2) is 82.0 Å². The lowest BCUT2D eigenvalue weighted by Gasteiger charge is -2.34. The fraction of sp³-hybridized carbons (Fsp3) is 0.414. The average molecular weight is 578 g/mol. The van der Waals surface area contributed by atoms with Crippen LogP contribution in [0.2, 0.25) is 0 Å². The largest absolute Gasteiger partial charge is 0.508 e. The number of amides is 2. The van der Waals surface area contributed by atoms with Crippen LogP contribution in [0.4, 0.5) is 16.6 Å². The smallest absolute Gasteiger partial charge is 0.417 e. The van der Waals surface area contributed by atoms with Crippen molar-refractivity contribution in [2.75, 3.05) is 30.1 Å². The normalized spacial score (nSPS) is 26.8. The van der Waals surface area contributed by atoms with Crippen molar-refractivity contribution in [3.63, 3.8) is 0 Å². The monoisotopic (exact) mass is 577 g/mol. The molecular formula is C29H31N5O8. The van der Waals surface area contributed by atoms with Crippen LogP contribution < -0.4 is 24.6 Å². The molecule has 2 amide bonds. The summed E-state index contributed by atoms with van der Waals surface area (Å²) >= 11 is 0. The van der Waals surface area contributed by atoms with Crippen LogP contribution in [0.5, 0.6) is 11.5 Å². The Morgan fingerprint density at radius 2 is 2.00 bits per heavy atom. The first-order chi connectivity index (χ1) is 20.2. The van der Waals surface area contributed by atoms with Crippen molar-refractivity contribution in [1.82, 2.24) is 15.3 Å². The molecule has 6 rings (SSSR count). The van der Waals surface area contributed by atoms with Gasteiger partial charge in [-0.05, 0) is 55.7 Å². The van der Waals surface area contributed by atoms with Crippen LogP contribution in [-0.2, 0) is 20.9 Å². The van der Waals surface area contributed by atoms with Gasteiger partial charge < -0.3 is 29.7 Å². The summed E-state index contributed by atoms with van der Waals surface area (Å²) in [6, 6.07) is 7.08. The summed E-state index contributed by atoms with van der Waals surface area (Å²) in [4.78, 5) is 49.9. The lowest BCUT2D eigenvalue weighted by atomic mass is 9.87. The first kappa shape index (κ1) is 27.7. The Kier molecular flexibility index (Phi) is 7.29. The number of ketones is 1. The SMILES string of the molecule is COc1ccc(CN2C(=O)COc3cnc(N4C(=O)O[C@@H]5C[C@H](NCCC6(O)C=CC(O)=CC6=O)CC[C@H]54)nc32)cc1. The molecule has 1 aromatic carbocycles. The van der Waals surface area contributed by atoms with E-state index in [0.29, 0.717) is 37.3 Å². The molecule has 1 aromatic heterocycles. The van der Waals surface area contributed by atoms with Gasteiger partial charge in [-0.3, -0.25) is 14.5 Å². The van der Waals surface area contributed by atoms with Crippen LogP contribution in [0.1, 0.15) is 31.2 Å². The second-order valence-corrected chi connectivity index (χ2v) is 10.7. The van der Waals surface area contributed by atoms with Gasteiger partial charge in [0.2, 0.25) is 5.95 Å². The number of aliphatic hydroxyl groups is 2. The molecule has 3 heterocycles. The maximum absolute atomic E-state index is 13.0. The Labute approximate surface area is 241 Å². The van der Waals surface area contributed by atoms with E-state index in [1.54, 1.807) is 7.11 Å². The summed E-state index contributed by atoms with van der Waals surface area (Å²) in [6.45, 7) is 0.470. The van der Waals surface area contributed by atoms with Gasteiger partial charge in [-0.15, -0.1) is 0 Å². The Bertz CT molecular complexity index is 1460. The Balaban J connectivity index is 1.12. The van der Waals surface area contributed by atoms with Crippen molar-refractivity contribution in [2.24, 2.45) is 0 Å². The minimum absolute atomic E-state index is 0.00433. The minimum Gasteiger partial charge on any atom is -0.508 e. The lowest BCUT2D eigenvalue weighted by Crippen LogP contribution is -2.48. The molecule has 13 heteroatoms. The number of hydrogen-bond acceptors (Lipinski definition) is 11. The van der Waals surface area contributed by atoms with E-state index in [1.807, 2.05) is 24.3 Å². The quantitative estimate of drug-likeness (QED) is 0.420. The standard InChI is InChI=1S/C29H31N5O8/c1-40-20-5-2-17(3-6-20)15-33-25(37)16-41-23-14-31-27(32-26(23)33)34-21-7-4-18(12-22(21)42-28(34)38)30-11-10-29(39)9-8-19(35)13-24(29)36/h2-3,5-6,8-9,13-14,18,21-22,30,35,39H,4,7,10-12,15-16H2,1H3/t18-,21-,22-,29?/m1/s1. The Morgan fingerprint density at radius 3 is 2.76 bits per heavy atom. The van der Waals surface area contributed by atoms with E-state index in [9.17, 15) is 24.6 Å². The second kappa shape index (κ2) is 11.1. The number of hydrogen-bond donors (Lipinski definition) is 3. The van der Waals surface area contributed by atoms with Crippen LogP contribution in [0.25, 0.3) is 0 Å². The number of rotatable bonds is 8. The predicted octanol–water partition coefficient (Wildman–Crippen LogP) is 1.95. The number of methoxy groups -OCH3 is 1. The molecule has 1 unspecified atom stereocenters. The highest BCUT2D eigenvalue weighted by Crippen LogP contribution is 2.37. The highest BCUT2D eigenvalue weighted by Gasteiger charge is 2.47. The zero-order valence-electron chi connectivity index (χ0n) is 22.9. The third kappa shape index (κ3) is 5.28. The summed E-state index contributed by atoms with van der Waals surface area (Å²) in [5.41, 5.74) is -0.794. The van der Waals surface area contributed by atoms with Gasteiger partial charge in [0.05, 0.1) is 25.9 Å². The third-order valence-corrected chi connectivity index (χ3v) is 8.06. The number of carbonyl (C=O) groups excluding carboxylic acids is 3. The summed E-state index contributed by atoms with van der Waals surface area (Å²) < 4.78 is 16.5. The number of nitrogens with one attached hydrogen (secondary N) is 1. The Hall–Kier alpha value is -4.49. The molecule has 4 atom stereocenters. The highest BCUT2D eigenvalue weighted by molar-refractivity contribution is 6.00. The molecule has 1 saturated heterocycles. The van der Waals surface area contributed by atoms with Crippen LogP contribution in [0.15, 0.2) is 54.4 Å². The van der Waals surface area contributed by atoms with E-state index in [-0.39, 0.29) is 55.1 Å². The van der Waals surface area contributed by atoms with Crippen molar-refractivity contribution in [3.05, 3.63) is 60.0 Å². The van der Waals surface area contributed by atoms with E-state index >= 15 is 0 Å². The molecule has 1 saturated carbocycles. The van der Waals surface area contributed by atoms with Crippen LogP contribution in [0, 0.1) is 0 Å². The van der Waals surface area contributed by atoms with Gasteiger partial charge in [0, 0.05) is 18.5 Å².